The number of rotatable bonds is 3. The predicted molar refractivity (Wildman–Crippen MR) is 117 cm³/mol. The third-order valence-corrected chi connectivity index (χ3v) is 6.46. The summed E-state index contributed by atoms with van der Waals surface area (Å²) >= 11 is 0. The molecule has 4 nitrogen and oxygen atoms in total. The van der Waals surface area contributed by atoms with Gasteiger partial charge in [-0.25, -0.2) is 4.98 Å². The van der Waals surface area contributed by atoms with Gasteiger partial charge in [0.15, 0.2) is 0 Å². The van der Waals surface area contributed by atoms with E-state index in [1.165, 1.54) is 18.9 Å². The normalized spacial score (nSPS) is 18.0. The van der Waals surface area contributed by atoms with Gasteiger partial charge in [-0.3, -0.25) is 4.79 Å². The molecule has 2 aliphatic heterocycles. The van der Waals surface area contributed by atoms with Crippen molar-refractivity contribution in [3.8, 4) is 23.5 Å². The van der Waals surface area contributed by atoms with E-state index in [1.807, 2.05) is 4.90 Å². The summed E-state index contributed by atoms with van der Waals surface area (Å²) < 4.78 is 39.4. The Bertz CT molecular complexity index is 1040. The first-order chi connectivity index (χ1) is 15.3. The Kier molecular flexibility index (Phi) is 6.25. The van der Waals surface area contributed by atoms with Crippen molar-refractivity contribution in [2.45, 2.75) is 44.8 Å². The number of hydrogen-bond donors (Lipinski definition) is 0. The van der Waals surface area contributed by atoms with Crippen LogP contribution in [0, 0.1) is 19.3 Å². The summed E-state index contributed by atoms with van der Waals surface area (Å²) in [5.41, 5.74) is 1.03. The van der Waals surface area contributed by atoms with Crippen LogP contribution in [0.3, 0.4) is 0 Å². The fourth-order valence-electron chi connectivity index (χ4n) is 4.71. The monoisotopic (exact) mass is 441 g/mol. The number of carbonyl (C=O) groups excluding carboxylic acids is 1. The molecule has 2 saturated heterocycles. The molecule has 0 bridgehead atoms. The lowest BCUT2D eigenvalue weighted by molar-refractivity contribution is -0.137. The molecule has 1 aromatic heterocycles. The quantitative estimate of drug-likeness (QED) is 0.645. The van der Waals surface area contributed by atoms with Crippen LogP contribution < -0.4 is 0 Å². The number of aryl methyl sites for hydroxylation is 1. The van der Waals surface area contributed by atoms with E-state index in [2.05, 4.69) is 15.8 Å². The molecule has 0 aliphatic carbocycles. The van der Waals surface area contributed by atoms with E-state index in [0.29, 0.717) is 35.8 Å². The maximum absolute atomic E-state index is 13.2. The lowest BCUT2D eigenvalue weighted by atomic mass is 9.98. The van der Waals surface area contributed by atoms with Gasteiger partial charge in [0.25, 0.3) is 5.91 Å². The smallest absolute Gasteiger partial charge is 0.337 e. The van der Waals surface area contributed by atoms with Crippen LogP contribution in [0.15, 0.2) is 30.3 Å². The Balaban J connectivity index is 1.56. The zero-order valence-electron chi connectivity index (χ0n) is 18.1. The molecule has 2 aliphatic rings. The lowest BCUT2D eigenvalue weighted by Gasteiger charge is -2.36. The summed E-state index contributed by atoms with van der Waals surface area (Å²) in [5, 5.41) is 0. The molecule has 3 heterocycles. The van der Waals surface area contributed by atoms with E-state index in [9.17, 15) is 18.0 Å². The van der Waals surface area contributed by atoms with Crippen molar-refractivity contribution in [1.82, 2.24) is 14.8 Å². The number of terminal acetylenes is 1. The van der Waals surface area contributed by atoms with Crippen LogP contribution in [-0.4, -0.2) is 52.9 Å². The average molecular weight is 441 g/mol. The fourth-order valence-corrected chi connectivity index (χ4v) is 4.71. The molecule has 2 fully saturated rings. The van der Waals surface area contributed by atoms with Crippen LogP contribution >= 0.6 is 0 Å². The Morgan fingerprint density at radius 3 is 2.44 bits per heavy atom. The predicted octanol–water partition coefficient (Wildman–Crippen LogP) is 4.76. The highest BCUT2D eigenvalue weighted by molar-refractivity contribution is 5.94. The van der Waals surface area contributed by atoms with E-state index < -0.39 is 11.7 Å². The minimum Gasteiger partial charge on any atom is -0.337 e. The number of pyridine rings is 1. The van der Waals surface area contributed by atoms with Gasteiger partial charge in [0.1, 0.15) is 11.4 Å². The second kappa shape index (κ2) is 8.95. The highest BCUT2D eigenvalue weighted by Gasteiger charge is 2.32. The second-order valence-corrected chi connectivity index (χ2v) is 8.54. The van der Waals surface area contributed by atoms with Crippen LogP contribution in [0.2, 0.25) is 0 Å². The SMILES string of the molecule is C#Cc1nc(C(=O)N2CCC(N3CCCC3)CC2)c(C)cc1-c1cccc(C(F)(F)F)c1. The van der Waals surface area contributed by atoms with Gasteiger partial charge in [0.2, 0.25) is 0 Å². The van der Waals surface area contributed by atoms with Crippen LogP contribution in [0.1, 0.15) is 53.0 Å². The first-order valence-electron chi connectivity index (χ1n) is 11.0. The first-order valence-corrected chi connectivity index (χ1v) is 11.0. The van der Waals surface area contributed by atoms with E-state index in [1.54, 1.807) is 19.1 Å². The molecule has 7 heteroatoms. The van der Waals surface area contributed by atoms with Crippen LogP contribution in [0.25, 0.3) is 11.1 Å². The van der Waals surface area contributed by atoms with Gasteiger partial charge in [-0.2, -0.15) is 13.2 Å². The minimum atomic E-state index is -4.45. The fraction of sp³-hybridized carbons (Fsp3) is 0.440. The van der Waals surface area contributed by atoms with Crippen molar-refractivity contribution < 1.29 is 18.0 Å². The number of piperidine rings is 1. The number of carbonyl (C=O) groups is 1. The molecule has 0 atom stereocenters. The molecule has 0 N–H and O–H groups in total. The highest BCUT2D eigenvalue weighted by atomic mass is 19.4. The largest absolute Gasteiger partial charge is 0.416 e. The Morgan fingerprint density at radius 2 is 1.81 bits per heavy atom. The van der Waals surface area contributed by atoms with E-state index >= 15 is 0 Å². The summed E-state index contributed by atoms with van der Waals surface area (Å²) in [4.78, 5) is 21.9. The van der Waals surface area contributed by atoms with Crippen molar-refractivity contribution in [2.75, 3.05) is 26.2 Å². The summed E-state index contributed by atoms with van der Waals surface area (Å²) in [5.74, 6) is 2.28. The summed E-state index contributed by atoms with van der Waals surface area (Å²) in [6.07, 6.45) is 5.55. The van der Waals surface area contributed by atoms with E-state index in [4.69, 9.17) is 6.42 Å². The molecule has 2 aromatic rings. The van der Waals surface area contributed by atoms with Crippen molar-refractivity contribution >= 4 is 5.91 Å². The zero-order chi connectivity index (χ0) is 22.9. The third kappa shape index (κ3) is 4.51. The van der Waals surface area contributed by atoms with Crippen LogP contribution in [0.5, 0.6) is 0 Å². The number of alkyl halides is 3. The van der Waals surface area contributed by atoms with Gasteiger partial charge >= 0.3 is 6.18 Å². The molecule has 0 unspecified atom stereocenters. The number of amides is 1. The Labute approximate surface area is 186 Å². The topological polar surface area (TPSA) is 36.4 Å². The molecule has 32 heavy (non-hydrogen) atoms. The van der Waals surface area contributed by atoms with Crippen molar-refractivity contribution in [1.29, 1.82) is 0 Å². The number of hydrogen-bond acceptors (Lipinski definition) is 3. The van der Waals surface area contributed by atoms with Gasteiger partial charge in [-0.05, 0) is 80.9 Å². The van der Waals surface area contributed by atoms with Gasteiger partial charge in [-0.1, -0.05) is 12.1 Å². The molecular formula is C25H26F3N3O. The van der Waals surface area contributed by atoms with Gasteiger partial charge in [0, 0.05) is 24.7 Å². The number of nitrogens with zero attached hydrogens (tertiary/aromatic N) is 3. The van der Waals surface area contributed by atoms with E-state index in [-0.39, 0.29) is 17.3 Å². The molecule has 0 radical (unpaired) electrons. The second-order valence-electron chi connectivity index (χ2n) is 8.54. The zero-order valence-corrected chi connectivity index (χ0v) is 18.1. The van der Waals surface area contributed by atoms with Gasteiger partial charge in [-0.15, -0.1) is 6.42 Å². The number of likely N-dealkylation sites (tertiary alicyclic amines) is 2. The maximum Gasteiger partial charge on any atom is 0.416 e. The maximum atomic E-state index is 13.2. The van der Waals surface area contributed by atoms with Crippen molar-refractivity contribution in [2.24, 2.45) is 0 Å². The van der Waals surface area contributed by atoms with Crippen molar-refractivity contribution in [3.63, 3.8) is 0 Å². The van der Waals surface area contributed by atoms with Gasteiger partial charge < -0.3 is 9.80 Å². The third-order valence-electron chi connectivity index (χ3n) is 6.46. The number of halogens is 3. The molecule has 1 aromatic carbocycles. The van der Waals surface area contributed by atoms with E-state index in [0.717, 1.165) is 38.1 Å². The highest BCUT2D eigenvalue weighted by Crippen LogP contribution is 2.33. The summed E-state index contributed by atoms with van der Waals surface area (Å²) in [6, 6.07) is 7.18. The Hall–Kier alpha value is -2.85. The molecule has 0 spiro atoms. The first kappa shape index (κ1) is 22.3. The molecule has 1 amide bonds. The van der Waals surface area contributed by atoms with Crippen molar-refractivity contribution in [3.05, 3.63) is 52.8 Å². The number of aromatic nitrogens is 1. The van der Waals surface area contributed by atoms with Gasteiger partial charge in [0.05, 0.1) is 5.56 Å². The minimum absolute atomic E-state index is 0.172. The average Bonchev–Trinajstić information content (AvgIpc) is 3.33. The molecule has 168 valence electrons. The molecule has 0 saturated carbocycles. The molecular weight excluding hydrogens is 415 g/mol. The Morgan fingerprint density at radius 1 is 1.12 bits per heavy atom. The standard InChI is InChI=1S/C25H26F3N3O/c1-3-22-21(18-7-6-8-19(16-18)25(26,27)28)15-17(2)23(29-22)24(32)31-13-9-20(10-14-31)30-11-4-5-12-30/h1,6-8,15-16,20H,4-5,9-14H2,2H3. The number of benzene rings is 1. The summed E-state index contributed by atoms with van der Waals surface area (Å²) in [7, 11) is 0. The summed E-state index contributed by atoms with van der Waals surface area (Å²) in [6.45, 7) is 5.36. The van der Waals surface area contributed by atoms with Crippen LogP contribution in [0.4, 0.5) is 13.2 Å². The molecule has 4 rings (SSSR count). The lowest BCUT2D eigenvalue weighted by Crippen LogP contribution is -2.46. The van der Waals surface area contributed by atoms with Crippen LogP contribution in [-0.2, 0) is 6.18 Å².